The summed E-state index contributed by atoms with van der Waals surface area (Å²) in [5.74, 6) is -0.00315. The number of piperazine rings is 1. The van der Waals surface area contributed by atoms with Gasteiger partial charge in [-0.05, 0) is 25.3 Å². The highest BCUT2D eigenvalue weighted by Gasteiger charge is 2.31. The van der Waals surface area contributed by atoms with Crippen LogP contribution in [0.2, 0.25) is 0 Å². The van der Waals surface area contributed by atoms with Crippen molar-refractivity contribution in [1.82, 2.24) is 9.21 Å². The molecule has 1 amide bonds. The summed E-state index contributed by atoms with van der Waals surface area (Å²) in [6.45, 7) is 5.05. The zero-order chi connectivity index (χ0) is 14.0. The predicted molar refractivity (Wildman–Crippen MR) is 75.9 cm³/mol. The average Bonchev–Trinajstić information content (AvgIpc) is 2.91. The highest BCUT2D eigenvalue weighted by molar-refractivity contribution is 7.89. The molecular formula is C12H18N2O3S2. The van der Waals surface area contributed by atoms with Gasteiger partial charge in [-0.3, -0.25) is 4.79 Å². The normalized spacial score (nSPS) is 17.9. The molecule has 7 heteroatoms. The van der Waals surface area contributed by atoms with Crippen molar-refractivity contribution in [2.75, 3.05) is 26.2 Å². The van der Waals surface area contributed by atoms with Gasteiger partial charge < -0.3 is 4.90 Å². The lowest BCUT2D eigenvalue weighted by molar-refractivity contribution is 0.0702. The lowest BCUT2D eigenvalue weighted by atomic mass is 10.3. The van der Waals surface area contributed by atoms with Crippen molar-refractivity contribution in [1.29, 1.82) is 0 Å². The molecule has 1 aliphatic heterocycles. The van der Waals surface area contributed by atoms with Crippen LogP contribution in [-0.4, -0.2) is 55.0 Å². The first-order chi connectivity index (χ1) is 8.93. The zero-order valence-corrected chi connectivity index (χ0v) is 12.7. The van der Waals surface area contributed by atoms with E-state index >= 15 is 0 Å². The number of sulfonamides is 1. The first-order valence-corrected chi connectivity index (χ1v) is 8.63. The van der Waals surface area contributed by atoms with E-state index in [4.69, 9.17) is 0 Å². The van der Waals surface area contributed by atoms with Crippen LogP contribution in [0.3, 0.4) is 0 Å². The largest absolute Gasteiger partial charge is 0.335 e. The minimum absolute atomic E-state index is 0.00315. The van der Waals surface area contributed by atoms with Gasteiger partial charge in [0.15, 0.2) is 0 Å². The highest BCUT2D eigenvalue weighted by Crippen LogP contribution is 2.16. The summed E-state index contributed by atoms with van der Waals surface area (Å²) < 4.78 is 25.5. The molecule has 0 atom stereocenters. The van der Waals surface area contributed by atoms with Gasteiger partial charge >= 0.3 is 0 Å². The summed E-state index contributed by atoms with van der Waals surface area (Å²) in [4.78, 5) is 14.5. The molecule has 2 heterocycles. The third-order valence-electron chi connectivity index (χ3n) is 3.21. The van der Waals surface area contributed by atoms with Crippen LogP contribution in [0.25, 0.3) is 0 Å². The number of nitrogens with zero attached hydrogens (tertiary/aromatic N) is 2. The van der Waals surface area contributed by atoms with Gasteiger partial charge in [0, 0.05) is 26.2 Å². The maximum atomic E-state index is 12.1. The van der Waals surface area contributed by atoms with Crippen molar-refractivity contribution in [3.8, 4) is 0 Å². The second kappa shape index (κ2) is 5.60. The molecule has 0 spiro atoms. The smallest absolute Gasteiger partial charge is 0.264 e. The number of hydrogen-bond acceptors (Lipinski definition) is 4. The van der Waals surface area contributed by atoms with E-state index in [0.717, 1.165) is 0 Å². The molecule has 1 aromatic rings. The minimum atomic E-state index is -3.20. The summed E-state index contributed by atoms with van der Waals surface area (Å²) in [6.07, 6.45) is 0. The van der Waals surface area contributed by atoms with Crippen molar-refractivity contribution >= 4 is 27.3 Å². The van der Waals surface area contributed by atoms with Crippen molar-refractivity contribution < 1.29 is 13.2 Å². The fourth-order valence-corrected chi connectivity index (χ4v) is 3.96. The van der Waals surface area contributed by atoms with Gasteiger partial charge in [-0.2, -0.15) is 4.31 Å². The lowest BCUT2D eigenvalue weighted by Gasteiger charge is -2.34. The van der Waals surface area contributed by atoms with E-state index in [9.17, 15) is 13.2 Å². The summed E-state index contributed by atoms with van der Waals surface area (Å²) >= 11 is 1.41. The minimum Gasteiger partial charge on any atom is -0.335 e. The first-order valence-electron chi connectivity index (χ1n) is 6.24. The quantitative estimate of drug-likeness (QED) is 0.844. The Morgan fingerprint density at radius 1 is 1.26 bits per heavy atom. The van der Waals surface area contributed by atoms with Crippen molar-refractivity contribution in [2.45, 2.75) is 19.1 Å². The molecule has 2 rings (SSSR count). The van der Waals surface area contributed by atoms with Crippen LogP contribution in [0, 0.1) is 0 Å². The number of amides is 1. The van der Waals surface area contributed by atoms with E-state index in [-0.39, 0.29) is 5.91 Å². The van der Waals surface area contributed by atoms with Crippen LogP contribution in [0.15, 0.2) is 17.5 Å². The third-order valence-corrected chi connectivity index (χ3v) is 6.35. The molecule has 0 unspecified atom stereocenters. The van der Waals surface area contributed by atoms with Crippen LogP contribution in [0.4, 0.5) is 0 Å². The van der Waals surface area contributed by atoms with Crippen molar-refractivity contribution in [3.63, 3.8) is 0 Å². The average molecular weight is 302 g/mol. The standard InChI is InChI=1S/C12H18N2O3S2/c1-10(2)19(16,17)14-7-5-13(6-8-14)12(15)11-4-3-9-18-11/h3-4,9-10H,5-8H2,1-2H3. The van der Waals surface area contributed by atoms with Gasteiger partial charge in [-0.15, -0.1) is 11.3 Å². The molecule has 5 nitrogen and oxygen atoms in total. The molecule has 0 N–H and O–H groups in total. The molecule has 0 aromatic carbocycles. The van der Waals surface area contributed by atoms with Gasteiger partial charge in [0.05, 0.1) is 10.1 Å². The van der Waals surface area contributed by atoms with Crippen LogP contribution in [0.1, 0.15) is 23.5 Å². The van der Waals surface area contributed by atoms with Crippen LogP contribution in [-0.2, 0) is 10.0 Å². The van der Waals surface area contributed by atoms with E-state index in [0.29, 0.717) is 31.1 Å². The SMILES string of the molecule is CC(C)S(=O)(=O)N1CCN(C(=O)c2cccs2)CC1. The number of carbonyl (C=O) groups excluding carboxylic acids is 1. The molecule has 1 aromatic heterocycles. The number of rotatable bonds is 3. The summed E-state index contributed by atoms with van der Waals surface area (Å²) in [6, 6.07) is 3.64. The summed E-state index contributed by atoms with van der Waals surface area (Å²) in [7, 11) is -3.20. The van der Waals surface area contributed by atoms with Crippen LogP contribution < -0.4 is 0 Å². The Morgan fingerprint density at radius 2 is 1.89 bits per heavy atom. The lowest BCUT2D eigenvalue weighted by Crippen LogP contribution is -2.51. The van der Waals surface area contributed by atoms with Gasteiger partial charge in [-0.1, -0.05) is 6.07 Å². The third kappa shape index (κ3) is 2.98. The molecular weight excluding hydrogens is 284 g/mol. The van der Waals surface area contributed by atoms with Gasteiger partial charge in [-0.25, -0.2) is 8.42 Å². The number of carbonyl (C=O) groups is 1. The van der Waals surface area contributed by atoms with E-state index in [2.05, 4.69) is 0 Å². The van der Waals surface area contributed by atoms with E-state index in [1.165, 1.54) is 15.6 Å². The van der Waals surface area contributed by atoms with Crippen LogP contribution in [0.5, 0.6) is 0 Å². The summed E-state index contributed by atoms with van der Waals surface area (Å²) in [5.41, 5.74) is 0. The predicted octanol–water partition coefficient (Wildman–Crippen LogP) is 1.24. The van der Waals surface area contributed by atoms with Crippen LogP contribution >= 0.6 is 11.3 Å². The van der Waals surface area contributed by atoms with Crippen molar-refractivity contribution in [3.05, 3.63) is 22.4 Å². The molecule has 0 radical (unpaired) electrons. The molecule has 0 bridgehead atoms. The molecule has 1 saturated heterocycles. The maximum absolute atomic E-state index is 12.1. The Bertz CT molecular complexity index is 529. The van der Waals surface area contributed by atoms with E-state index < -0.39 is 15.3 Å². The topological polar surface area (TPSA) is 57.7 Å². The Morgan fingerprint density at radius 3 is 2.37 bits per heavy atom. The fourth-order valence-electron chi connectivity index (χ4n) is 2.00. The fraction of sp³-hybridized carbons (Fsp3) is 0.583. The molecule has 1 aliphatic rings. The maximum Gasteiger partial charge on any atom is 0.264 e. The monoisotopic (exact) mass is 302 g/mol. The second-order valence-corrected chi connectivity index (χ2v) is 8.20. The highest BCUT2D eigenvalue weighted by atomic mass is 32.2. The molecule has 19 heavy (non-hydrogen) atoms. The second-order valence-electron chi connectivity index (χ2n) is 4.76. The Hall–Kier alpha value is -0.920. The Kier molecular flexibility index (Phi) is 4.27. The number of thiophene rings is 1. The van der Waals surface area contributed by atoms with E-state index in [1.54, 1.807) is 24.8 Å². The molecule has 1 fully saturated rings. The summed E-state index contributed by atoms with van der Waals surface area (Å²) in [5, 5.41) is 1.46. The molecule has 106 valence electrons. The number of hydrogen-bond donors (Lipinski definition) is 0. The van der Waals surface area contributed by atoms with Crippen molar-refractivity contribution in [2.24, 2.45) is 0 Å². The van der Waals surface area contributed by atoms with Gasteiger partial charge in [0.1, 0.15) is 0 Å². The molecule has 0 saturated carbocycles. The van der Waals surface area contributed by atoms with E-state index in [1.807, 2.05) is 11.4 Å². The Balaban J connectivity index is 1.98. The Labute approximate surface area is 117 Å². The zero-order valence-electron chi connectivity index (χ0n) is 11.1. The van der Waals surface area contributed by atoms with Gasteiger partial charge in [0.25, 0.3) is 5.91 Å². The first kappa shape index (κ1) is 14.5. The van der Waals surface area contributed by atoms with Gasteiger partial charge in [0.2, 0.25) is 10.0 Å². The molecule has 0 aliphatic carbocycles.